The van der Waals surface area contributed by atoms with Crippen LogP contribution in [0.25, 0.3) is 6.08 Å². The number of halogens is 1. The smallest absolute Gasteiger partial charge is 0.315 e. The van der Waals surface area contributed by atoms with Gasteiger partial charge in [-0.15, -0.1) is 0 Å². The first-order valence-electron chi connectivity index (χ1n) is 4.47. The average Bonchev–Trinajstić information content (AvgIpc) is 2.27. The van der Waals surface area contributed by atoms with Crippen molar-refractivity contribution in [3.8, 4) is 5.75 Å². The molecular weight excluding hydrogens is 234 g/mol. The molecule has 0 bridgehead atoms. The molecule has 1 aromatic rings. The van der Waals surface area contributed by atoms with Crippen molar-refractivity contribution in [2.45, 2.75) is 6.29 Å². The monoisotopic (exact) mass is 241 g/mol. The van der Waals surface area contributed by atoms with Crippen molar-refractivity contribution >= 4 is 17.7 Å². The fourth-order valence-corrected chi connectivity index (χ4v) is 1.63. The number of nitrogens with zero attached hydrogens (tertiary/aromatic N) is 1. The van der Waals surface area contributed by atoms with E-state index in [4.69, 9.17) is 21.1 Å². The van der Waals surface area contributed by atoms with E-state index in [1.807, 2.05) is 0 Å². The van der Waals surface area contributed by atoms with Gasteiger partial charge in [0.15, 0.2) is 0 Å². The zero-order chi connectivity index (χ0) is 11.7. The summed E-state index contributed by atoms with van der Waals surface area (Å²) in [4.78, 5) is 10.2. The van der Waals surface area contributed by atoms with Gasteiger partial charge in [-0.25, -0.2) is 0 Å². The van der Waals surface area contributed by atoms with Crippen LogP contribution < -0.4 is 4.74 Å². The Labute approximate surface area is 96.4 Å². The quantitative estimate of drug-likeness (QED) is 0.589. The Morgan fingerprint density at radius 1 is 1.56 bits per heavy atom. The zero-order valence-electron chi connectivity index (χ0n) is 8.34. The molecule has 84 valence electrons. The van der Waals surface area contributed by atoms with Crippen LogP contribution in [0.5, 0.6) is 5.75 Å². The second-order valence-corrected chi connectivity index (χ2v) is 3.63. The van der Waals surface area contributed by atoms with E-state index in [9.17, 15) is 10.1 Å². The zero-order valence-corrected chi connectivity index (χ0v) is 9.10. The molecule has 0 aliphatic carbocycles. The van der Waals surface area contributed by atoms with Crippen molar-refractivity contribution in [3.05, 3.63) is 44.6 Å². The minimum Gasteiger partial charge on any atom is -0.453 e. The maximum absolute atomic E-state index is 10.8. The molecule has 0 N–H and O–H groups in total. The first-order chi connectivity index (χ1) is 7.61. The largest absolute Gasteiger partial charge is 0.453 e. The Morgan fingerprint density at radius 2 is 2.31 bits per heavy atom. The number of ether oxygens (including phenoxy) is 2. The number of benzene rings is 1. The number of hydrogen-bond donors (Lipinski definition) is 0. The normalized spacial score (nSPS) is 18.4. The van der Waals surface area contributed by atoms with Crippen LogP contribution in [0.1, 0.15) is 5.56 Å². The van der Waals surface area contributed by atoms with Crippen LogP contribution >= 0.6 is 11.6 Å². The lowest BCUT2D eigenvalue weighted by atomic mass is 10.1. The van der Waals surface area contributed by atoms with Crippen LogP contribution in [0.15, 0.2) is 23.9 Å². The van der Waals surface area contributed by atoms with Crippen LogP contribution in [0.4, 0.5) is 0 Å². The summed E-state index contributed by atoms with van der Waals surface area (Å²) in [6.07, 6.45) is 0.419. The lowest BCUT2D eigenvalue weighted by molar-refractivity contribution is -0.443. The van der Waals surface area contributed by atoms with Gasteiger partial charge in [-0.3, -0.25) is 10.1 Å². The van der Waals surface area contributed by atoms with E-state index in [2.05, 4.69) is 0 Å². The molecule has 1 aliphatic rings. The van der Waals surface area contributed by atoms with Gasteiger partial charge in [0.1, 0.15) is 5.75 Å². The summed E-state index contributed by atoms with van der Waals surface area (Å²) in [7, 11) is 1.35. The molecule has 0 amide bonds. The molecule has 0 radical (unpaired) electrons. The van der Waals surface area contributed by atoms with Gasteiger partial charge in [-0.1, -0.05) is 11.6 Å². The Balaban J connectivity index is 2.49. The molecule has 2 rings (SSSR count). The molecular formula is C10H8ClNO4. The average molecular weight is 242 g/mol. The second-order valence-electron chi connectivity index (χ2n) is 3.19. The van der Waals surface area contributed by atoms with E-state index in [-0.39, 0.29) is 5.70 Å². The summed E-state index contributed by atoms with van der Waals surface area (Å²) in [6, 6.07) is 4.90. The van der Waals surface area contributed by atoms with Crippen molar-refractivity contribution in [1.82, 2.24) is 0 Å². The molecule has 1 unspecified atom stereocenters. The van der Waals surface area contributed by atoms with Gasteiger partial charge in [0.25, 0.3) is 6.29 Å². The molecule has 6 heteroatoms. The van der Waals surface area contributed by atoms with Crippen molar-refractivity contribution < 1.29 is 14.4 Å². The summed E-state index contributed by atoms with van der Waals surface area (Å²) < 4.78 is 10.2. The van der Waals surface area contributed by atoms with Crippen molar-refractivity contribution in [1.29, 1.82) is 0 Å². The minimum atomic E-state index is -0.983. The van der Waals surface area contributed by atoms with Crippen LogP contribution in [-0.2, 0) is 4.74 Å². The molecule has 1 aliphatic heterocycles. The lowest BCUT2D eigenvalue weighted by Crippen LogP contribution is -2.28. The van der Waals surface area contributed by atoms with Crippen LogP contribution in [-0.4, -0.2) is 18.3 Å². The van der Waals surface area contributed by atoms with E-state index in [0.29, 0.717) is 16.3 Å². The van der Waals surface area contributed by atoms with E-state index >= 15 is 0 Å². The molecule has 1 atom stereocenters. The summed E-state index contributed by atoms with van der Waals surface area (Å²) in [5.41, 5.74) is 0.435. The van der Waals surface area contributed by atoms with Crippen molar-refractivity contribution in [2.75, 3.05) is 7.11 Å². The standard InChI is InChI=1S/C10H8ClNO4/c1-15-10-8(12(13)14)5-6-4-7(11)2-3-9(6)16-10/h2-5,10H,1H3. The Bertz CT molecular complexity index is 472. The van der Waals surface area contributed by atoms with Crippen LogP contribution in [0.2, 0.25) is 5.02 Å². The third kappa shape index (κ3) is 1.87. The van der Waals surface area contributed by atoms with Gasteiger partial charge in [-0.2, -0.15) is 0 Å². The molecule has 0 spiro atoms. The third-order valence-corrected chi connectivity index (χ3v) is 2.41. The fraction of sp³-hybridized carbons (Fsp3) is 0.200. The number of nitro groups is 1. The maximum atomic E-state index is 10.8. The van der Waals surface area contributed by atoms with Crippen LogP contribution in [0.3, 0.4) is 0 Å². The highest BCUT2D eigenvalue weighted by Gasteiger charge is 2.31. The molecule has 0 saturated carbocycles. The Morgan fingerprint density at radius 3 is 2.94 bits per heavy atom. The Kier molecular flexibility index (Phi) is 2.80. The van der Waals surface area contributed by atoms with E-state index in [1.54, 1.807) is 18.2 Å². The highest BCUT2D eigenvalue weighted by molar-refractivity contribution is 6.30. The predicted molar refractivity (Wildman–Crippen MR) is 57.8 cm³/mol. The summed E-state index contributed by atoms with van der Waals surface area (Å²) in [5, 5.41) is 11.3. The molecule has 0 fully saturated rings. The van der Waals surface area contributed by atoms with Gasteiger partial charge < -0.3 is 9.47 Å². The van der Waals surface area contributed by atoms with Crippen molar-refractivity contribution in [3.63, 3.8) is 0 Å². The second kappa shape index (κ2) is 4.11. The molecule has 1 aromatic carbocycles. The first-order valence-corrected chi connectivity index (χ1v) is 4.84. The number of rotatable bonds is 2. The molecule has 5 nitrogen and oxygen atoms in total. The SMILES string of the molecule is COC1Oc2ccc(Cl)cc2C=C1[N+](=O)[O-]. The maximum Gasteiger partial charge on any atom is 0.315 e. The third-order valence-electron chi connectivity index (χ3n) is 2.18. The fourth-order valence-electron chi connectivity index (χ4n) is 1.45. The number of methoxy groups -OCH3 is 1. The van der Waals surface area contributed by atoms with Gasteiger partial charge in [0.05, 0.1) is 4.92 Å². The lowest BCUT2D eigenvalue weighted by Gasteiger charge is -2.20. The summed E-state index contributed by atoms with van der Waals surface area (Å²) in [5.74, 6) is 0.516. The van der Waals surface area contributed by atoms with E-state index in [1.165, 1.54) is 13.2 Å². The molecule has 0 saturated heterocycles. The topological polar surface area (TPSA) is 61.6 Å². The van der Waals surface area contributed by atoms with Crippen LogP contribution in [0, 0.1) is 10.1 Å². The number of hydrogen-bond acceptors (Lipinski definition) is 4. The number of fused-ring (bicyclic) bond motifs is 1. The summed E-state index contributed by atoms with van der Waals surface area (Å²) in [6.45, 7) is 0. The van der Waals surface area contributed by atoms with Gasteiger partial charge in [0.2, 0.25) is 0 Å². The molecule has 0 aromatic heterocycles. The van der Waals surface area contributed by atoms with Crippen molar-refractivity contribution in [2.24, 2.45) is 0 Å². The highest BCUT2D eigenvalue weighted by Crippen LogP contribution is 2.32. The molecule has 16 heavy (non-hydrogen) atoms. The molecule has 1 heterocycles. The van der Waals surface area contributed by atoms with E-state index < -0.39 is 11.2 Å². The van der Waals surface area contributed by atoms with Gasteiger partial charge in [0, 0.05) is 23.8 Å². The first kappa shape index (κ1) is 10.9. The van der Waals surface area contributed by atoms with Gasteiger partial charge >= 0.3 is 5.70 Å². The predicted octanol–water partition coefficient (Wildman–Crippen LogP) is 2.32. The summed E-state index contributed by atoms with van der Waals surface area (Å²) >= 11 is 5.79. The van der Waals surface area contributed by atoms with E-state index in [0.717, 1.165) is 0 Å². The highest BCUT2D eigenvalue weighted by atomic mass is 35.5. The van der Waals surface area contributed by atoms with Gasteiger partial charge in [-0.05, 0) is 18.2 Å². The minimum absolute atomic E-state index is 0.141. The Hall–Kier alpha value is -1.59.